The minimum atomic E-state index is -0.853. The summed E-state index contributed by atoms with van der Waals surface area (Å²) in [4.78, 5) is 10.2. The van der Waals surface area contributed by atoms with Crippen molar-refractivity contribution in [3.05, 3.63) is 12.2 Å². The zero-order valence-corrected chi connectivity index (χ0v) is 13.0. The number of methoxy groups -OCH3 is 2. The fourth-order valence-electron chi connectivity index (χ4n) is 2.15. The molecule has 0 unspecified atom stereocenters. The summed E-state index contributed by atoms with van der Waals surface area (Å²) in [7, 11) is 3.36. The molecule has 0 aromatic rings. The number of hydrogen-bond acceptors (Lipinski definition) is 3. The molecule has 0 fully saturated rings. The fourth-order valence-corrected chi connectivity index (χ4v) is 2.15. The predicted octanol–water partition coefficient (Wildman–Crippen LogP) is 4.15. The average molecular weight is 286 g/mol. The van der Waals surface area contributed by atoms with Gasteiger partial charge in [0.2, 0.25) is 0 Å². The minimum Gasteiger partial charge on any atom is -0.478 e. The molecule has 4 heteroatoms. The Morgan fingerprint density at radius 1 is 0.950 bits per heavy atom. The van der Waals surface area contributed by atoms with Crippen molar-refractivity contribution in [2.24, 2.45) is 0 Å². The van der Waals surface area contributed by atoms with Gasteiger partial charge < -0.3 is 14.6 Å². The van der Waals surface area contributed by atoms with Crippen molar-refractivity contribution in [3.63, 3.8) is 0 Å². The molecule has 0 radical (unpaired) electrons. The van der Waals surface area contributed by atoms with Gasteiger partial charge in [0.1, 0.15) is 0 Å². The van der Waals surface area contributed by atoms with Crippen molar-refractivity contribution >= 4 is 5.97 Å². The molecule has 0 saturated heterocycles. The molecule has 0 atom stereocenters. The first-order chi connectivity index (χ1) is 9.70. The molecule has 0 amide bonds. The SMILES string of the molecule is COC(CCCCCCCCCCC=CC(=O)O)OC. The zero-order valence-electron chi connectivity index (χ0n) is 13.0. The Bertz CT molecular complexity index is 247. The van der Waals surface area contributed by atoms with Crippen LogP contribution in [0.4, 0.5) is 0 Å². The lowest BCUT2D eigenvalue weighted by Crippen LogP contribution is -2.12. The van der Waals surface area contributed by atoms with Crippen LogP contribution in [0.1, 0.15) is 64.2 Å². The second-order valence-electron chi connectivity index (χ2n) is 5.05. The normalized spacial score (nSPS) is 11.6. The van der Waals surface area contributed by atoms with Gasteiger partial charge in [0.25, 0.3) is 0 Å². The average Bonchev–Trinajstić information content (AvgIpc) is 2.44. The molecule has 0 saturated carbocycles. The molecule has 0 heterocycles. The van der Waals surface area contributed by atoms with E-state index in [0.29, 0.717) is 0 Å². The van der Waals surface area contributed by atoms with Gasteiger partial charge in [-0.05, 0) is 25.7 Å². The number of aliphatic carboxylic acids is 1. The quantitative estimate of drug-likeness (QED) is 0.296. The van der Waals surface area contributed by atoms with E-state index < -0.39 is 5.97 Å². The number of rotatable bonds is 14. The number of unbranched alkanes of at least 4 members (excludes halogenated alkanes) is 8. The summed E-state index contributed by atoms with van der Waals surface area (Å²) in [6.07, 6.45) is 14.6. The van der Waals surface area contributed by atoms with Gasteiger partial charge in [-0.3, -0.25) is 0 Å². The highest BCUT2D eigenvalue weighted by Gasteiger charge is 2.03. The first kappa shape index (κ1) is 19.1. The summed E-state index contributed by atoms with van der Waals surface area (Å²) in [6, 6.07) is 0. The van der Waals surface area contributed by atoms with Crippen LogP contribution in [-0.4, -0.2) is 31.6 Å². The Kier molecular flexibility index (Phi) is 13.9. The van der Waals surface area contributed by atoms with Gasteiger partial charge in [0.05, 0.1) is 0 Å². The van der Waals surface area contributed by atoms with Gasteiger partial charge in [0, 0.05) is 20.3 Å². The second-order valence-corrected chi connectivity index (χ2v) is 5.05. The first-order valence-electron chi connectivity index (χ1n) is 7.65. The topological polar surface area (TPSA) is 55.8 Å². The van der Waals surface area contributed by atoms with Crippen molar-refractivity contribution in [1.82, 2.24) is 0 Å². The number of ether oxygens (including phenoxy) is 2. The minimum absolute atomic E-state index is 0.0474. The summed E-state index contributed by atoms with van der Waals surface area (Å²) in [5, 5.41) is 8.42. The molecular formula is C16H30O4. The monoisotopic (exact) mass is 286 g/mol. The highest BCUT2D eigenvalue weighted by Crippen LogP contribution is 2.12. The summed E-state index contributed by atoms with van der Waals surface area (Å²) in [5.41, 5.74) is 0. The van der Waals surface area contributed by atoms with Gasteiger partial charge in [-0.2, -0.15) is 0 Å². The summed E-state index contributed by atoms with van der Waals surface area (Å²) >= 11 is 0. The molecule has 4 nitrogen and oxygen atoms in total. The van der Waals surface area contributed by atoms with E-state index in [0.717, 1.165) is 25.7 Å². The molecule has 0 aliphatic rings. The molecule has 0 aliphatic carbocycles. The zero-order chi connectivity index (χ0) is 15.1. The third-order valence-electron chi connectivity index (χ3n) is 3.35. The number of carbonyl (C=O) groups is 1. The summed E-state index contributed by atoms with van der Waals surface area (Å²) in [5.74, 6) is -0.853. The number of hydrogen-bond donors (Lipinski definition) is 1. The number of carboxylic acids is 1. The van der Waals surface area contributed by atoms with Crippen LogP contribution in [-0.2, 0) is 14.3 Å². The van der Waals surface area contributed by atoms with Crippen molar-refractivity contribution in [2.75, 3.05) is 14.2 Å². The van der Waals surface area contributed by atoms with Crippen LogP contribution < -0.4 is 0 Å². The number of allylic oxidation sites excluding steroid dienone is 1. The molecular weight excluding hydrogens is 256 g/mol. The smallest absolute Gasteiger partial charge is 0.327 e. The van der Waals surface area contributed by atoms with Crippen LogP contribution >= 0.6 is 0 Å². The van der Waals surface area contributed by atoms with Crippen LogP contribution in [0.2, 0.25) is 0 Å². The third kappa shape index (κ3) is 13.6. The van der Waals surface area contributed by atoms with E-state index in [1.165, 1.54) is 44.6 Å². The van der Waals surface area contributed by atoms with Gasteiger partial charge in [0.15, 0.2) is 6.29 Å². The standard InChI is InChI=1S/C16H30O4/c1-19-16(20-2)14-12-10-8-6-4-3-5-7-9-11-13-15(17)18/h11,13,16H,3-10,12,14H2,1-2H3,(H,17,18). The molecule has 0 bridgehead atoms. The lowest BCUT2D eigenvalue weighted by atomic mass is 10.1. The van der Waals surface area contributed by atoms with Crippen LogP contribution in [0, 0.1) is 0 Å². The Labute approximate surface area is 123 Å². The summed E-state index contributed by atoms with van der Waals surface area (Å²) < 4.78 is 10.3. The predicted molar refractivity (Wildman–Crippen MR) is 80.8 cm³/mol. The molecule has 20 heavy (non-hydrogen) atoms. The van der Waals surface area contributed by atoms with E-state index in [4.69, 9.17) is 14.6 Å². The lowest BCUT2D eigenvalue weighted by molar-refractivity contribution is -0.131. The van der Waals surface area contributed by atoms with Crippen molar-refractivity contribution < 1.29 is 19.4 Å². The number of carboxylic acid groups (broad SMARTS) is 1. The molecule has 1 N–H and O–H groups in total. The van der Waals surface area contributed by atoms with Gasteiger partial charge in [-0.1, -0.05) is 44.6 Å². The maximum absolute atomic E-state index is 10.2. The van der Waals surface area contributed by atoms with Gasteiger partial charge in [-0.15, -0.1) is 0 Å². The Hall–Kier alpha value is -0.870. The second kappa shape index (κ2) is 14.5. The van der Waals surface area contributed by atoms with Crippen molar-refractivity contribution in [3.8, 4) is 0 Å². The molecule has 118 valence electrons. The highest BCUT2D eigenvalue weighted by molar-refractivity contribution is 5.79. The van der Waals surface area contributed by atoms with E-state index in [1.54, 1.807) is 20.3 Å². The van der Waals surface area contributed by atoms with E-state index in [-0.39, 0.29) is 6.29 Å². The van der Waals surface area contributed by atoms with Crippen molar-refractivity contribution in [2.45, 2.75) is 70.5 Å². The van der Waals surface area contributed by atoms with Crippen LogP contribution in [0.25, 0.3) is 0 Å². The highest BCUT2D eigenvalue weighted by atomic mass is 16.7. The molecule has 0 aliphatic heterocycles. The third-order valence-corrected chi connectivity index (χ3v) is 3.35. The van der Waals surface area contributed by atoms with Crippen LogP contribution in [0.15, 0.2) is 12.2 Å². The lowest BCUT2D eigenvalue weighted by Gasteiger charge is -2.12. The Morgan fingerprint density at radius 2 is 1.45 bits per heavy atom. The Balaban J connectivity index is 3.15. The van der Waals surface area contributed by atoms with E-state index in [2.05, 4.69) is 0 Å². The van der Waals surface area contributed by atoms with Gasteiger partial charge >= 0.3 is 5.97 Å². The van der Waals surface area contributed by atoms with Crippen molar-refractivity contribution in [1.29, 1.82) is 0 Å². The van der Waals surface area contributed by atoms with Crippen LogP contribution in [0.3, 0.4) is 0 Å². The first-order valence-corrected chi connectivity index (χ1v) is 7.65. The molecule has 0 aromatic heterocycles. The molecule has 0 spiro atoms. The fraction of sp³-hybridized carbons (Fsp3) is 0.812. The van der Waals surface area contributed by atoms with E-state index in [9.17, 15) is 4.79 Å². The largest absolute Gasteiger partial charge is 0.478 e. The summed E-state index contributed by atoms with van der Waals surface area (Å²) in [6.45, 7) is 0. The maximum atomic E-state index is 10.2. The van der Waals surface area contributed by atoms with E-state index in [1.807, 2.05) is 0 Å². The van der Waals surface area contributed by atoms with Crippen LogP contribution in [0.5, 0.6) is 0 Å². The van der Waals surface area contributed by atoms with E-state index >= 15 is 0 Å². The van der Waals surface area contributed by atoms with Gasteiger partial charge in [-0.25, -0.2) is 4.79 Å². The molecule has 0 aromatic carbocycles. The molecule has 0 rings (SSSR count). The maximum Gasteiger partial charge on any atom is 0.327 e. The Morgan fingerprint density at radius 3 is 1.95 bits per heavy atom.